The molecular weight excluding hydrogens is 378 g/mol. The molecule has 0 amide bonds. The summed E-state index contributed by atoms with van der Waals surface area (Å²) in [6, 6.07) is 14.2. The number of carbonyl (C=O) groups is 1. The summed E-state index contributed by atoms with van der Waals surface area (Å²) < 4.78 is 27.2. The van der Waals surface area contributed by atoms with E-state index in [9.17, 15) is 13.2 Å². The molecule has 0 radical (unpaired) electrons. The number of ketones is 1. The molecule has 2 aromatic rings. The summed E-state index contributed by atoms with van der Waals surface area (Å²) in [5.41, 5.74) is 1.99. The Balaban J connectivity index is 2.40. The van der Waals surface area contributed by atoms with Gasteiger partial charge in [-0.1, -0.05) is 28.1 Å². The van der Waals surface area contributed by atoms with E-state index >= 15 is 0 Å². The highest BCUT2D eigenvalue weighted by atomic mass is 79.9. The second kappa shape index (κ2) is 7.27. The molecule has 0 aromatic heterocycles. The molecule has 0 spiro atoms. The van der Waals surface area contributed by atoms with Crippen LogP contribution in [0.4, 0.5) is 5.69 Å². The Morgan fingerprint density at radius 1 is 1.13 bits per heavy atom. The van der Waals surface area contributed by atoms with Crippen LogP contribution in [-0.4, -0.2) is 20.0 Å². The zero-order valence-electron chi connectivity index (χ0n) is 13.0. The number of hydrogen-bond acceptors (Lipinski definition) is 3. The first-order valence-corrected chi connectivity index (χ1v) is 9.59. The van der Waals surface area contributed by atoms with Gasteiger partial charge in [0.2, 0.25) is 10.0 Å². The molecule has 122 valence electrons. The van der Waals surface area contributed by atoms with Gasteiger partial charge in [0.1, 0.15) is 0 Å². The largest absolute Gasteiger partial charge is 0.295 e. The fourth-order valence-corrected chi connectivity index (χ4v) is 3.72. The van der Waals surface area contributed by atoms with E-state index in [-0.39, 0.29) is 18.1 Å². The fraction of sp³-hybridized carbons (Fsp3) is 0.235. The van der Waals surface area contributed by atoms with Gasteiger partial charge in [-0.05, 0) is 55.8 Å². The van der Waals surface area contributed by atoms with Crippen LogP contribution in [0.1, 0.15) is 29.8 Å². The van der Waals surface area contributed by atoms with Crippen LogP contribution in [0.5, 0.6) is 0 Å². The number of carbonyl (C=O) groups excluding carboxylic acids is 1. The number of rotatable bonds is 6. The van der Waals surface area contributed by atoms with Gasteiger partial charge in [-0.15, -0.1) is 0 Å². The van der Waals surface area contributed by atoms with Crippen LogP contribution in [0.3, 0.4) is 0 Å². The van der Waals surface area contributed by atoms with E-state index in [1.54, 1.807) is 31.2 Å². The summed E-state index contributed by atoms with van der Waals surface area (Å²) in [7, 11) is -3.42. The molecule has 0 aliphatic heterocycles. The van der Waals surface area contributed by atoms with Crippen molar-refractivity contribution in [2.45, 2.75) is 20.4 Å². The molecule has 2 rings (SSSR count). The van der Waals surface area contributed by atoms with Crippen molar-refractivity contribution in [1.29, 1.82) is 0 Å². The highest BCUT2D eigenvalue weighted by Gasteiger charge is 2.21. The van der Waals surface area contributed by atoms with Gasteiger partial charge >= 0.3 is 0 Å². The molecule has 2 aromatic carbocycles. The number of nitrogens with zero attached hydrogens (tertiary/aromatic N) is 1. The Morgan fingerprint density at radius 2 is 1.78 bits per heavy atom. The summed E-state index contributed by atoms with van der Waals surface area (Å²) in [5.74, 6) is -0.0384. The fourth-order valence-electron chi connectivity index (χ4n) is 2.17. The van der Waals surface area contributed by atoms with Crippen molar-refractivity contribution < 1.29 is 13.2 Å². The third-order valence-corrected chi connectivity index (χ3v) is 5.71. The van der Waals surface area contributed by atoms with E-state index in [0.29, 0.717) is 11.3 Å². The van der Waals surface area contributed by atoms with Crippen LogP contribution in [0.15, 0.2) is 53.0 Å². The number of halogens is 1. The summed E-state index contributed by atoms with van der Waals surface area (Å²) >= 11 is 3.40. The molecule has 0 heterocycles. The quantitative estimate of drug-likeness (QED) is 0.694. The lowest BCUT2D eigenvalue weighted by atomic mass is 10.1. The van der Waals surface area contributed by atoms with Gasteiger partial charge in [0, 0.05) is 10.0 Å². The van der Waals surface area contributed by atoms with E-state index < -0.39 is 10.0 Å². The standard InChI is InChI=1S/C17H18BrNO3S/c1-3-23(21,22)19(12-14-5-4-6-16(18)11-14)17-9-7-15(8-10-17)13(2)20/h4-11H,3,12H2,1-2H3. The molecule has 0 saturated carbocycles. The highest BCUT2D eigenvalue weighted by molar-refractivity contribution is 9.10. The van der Waals surface area contributed by atoms with Crippen LogP contribution in [0.25, 0.3) is 0 Å². The maximum Gasteiger partial charge on any atom is 0.235 e. The molecule has 0 fully saturated rings. The Bertz CT molecular complexity index is 801. The molecule has 23 heavy (non-hydrogen) atoms. The maximum absolute atomic E-state index is 12.5. The molecule has 0 N–H and O–H groups in total. The summed E-state index contributed by atoms with van der Waals surface area (Å²) in [6.45, 7) is 3.35. The second-order valence-electron chi connectivity index (χ2n) is 5.14. The lowest BCUT2D eigenvalue weighted by molar-refractivity contribution is 0.101. The van der Waals surface area contributed by atoms with E-state index in [0.717, 1.165) is 10.0 Å². The van der Waals surface area contributed by atoms with Crippen LogP contribution >= 0.6 is 15.9 Å². The first kappa shape index (κ1) is 17.7. The molecule has 0 atom stereocenters. The average molecular weight is 396 g/mol. The van der Waals surface area contributed by atoms with Gasteiger partial charge in [0.15, 0.2) is 5.78 Å². The number of Topliss-reactive ketones (excluding diaryl/α,β-unsaturated/α-hetero) is 1. The molecule has 0 aliphatic carbocycles. The lowest BCUT2D eigenvalue weighted by Crippen LogP contribution is -2.31. The van der Waals surface area contributed by atoms with Gasteiger partial charge in [-0.3, -0.25) is 9.10 Å². The Kier molecular flexibility index (Phi) is 5.59. The van der Waals surface area contributed by atoms with E-state index in [1.807, 2.05) is 24.3 Å². The van der Waals surface area contributed by atoms with Gasteiger partial charge in [0.05, 0.1) is 18.0 Å². The third-order valence-electron chi connectivity index (χ3n) is 3.48. The normalized spacial score (nSPS) is 11.3. The summed E-state index contributed by atoms with van der Waals surface area (Å²) in [4.78, 5) is 11.4. The van der Waals surface area contributed by atoms with Crippen molar-refractivity contribution in [3.8, 4) is 0 Å². The van der Waals surface area contributed by atoms with Crippen molar-refractivity contribution in [2.75, 3.05) is 10.1 Å². The third kappa shape index (κ3) is 4.42. The number of hydrogen-bond donors (Lipinski definition) is 0. The van der Waals surface area contributed by atoms with Crippen LogP contribution in [0, 0.1) is 0 Å². The zero-order chi connectivity index (χ0) is 17.0. The molecule has 0 bridgehead atoms. The van der Waals surface area contributed by atoms with Crippen LogP contribution in [-0.2, 0) is 16.6 Å². The predicted octanol–water partition coefficient (Wildman–Crippen LogP) is 4.01. The highest BCUT2D eigenvalue weighted by Crippen LogP contribution is 2.23. The van der Waals surface area contributed by atoms with Crippen molar-refractivity contribution >= 4 is 37.4 Å². The smallest absolute Gasteiger partial charge is 0.235 e. The van der Waals surface area contributed by atoms with Crippen molar-refractivity contribution in [2.24, 2.45) is 0 Å². The summed E-state index contributed by atoms with van der Waals surface area (Å²) in [6.07, 6.45) is 0. The minimum absolute atomic E-state index is 0.00939. The van der Waals surface area contributed by atoms with E-state index in [4.69, 9.17) is 0 Å². The van der Waals surface area contributed by atoms with E-state index in [2.05, 4.69) is 15.9 Å². The predicted molar refractivity (Wildman–Crippen MR) is 96.2 cm³/mol. The second-order valence-corrected chi connectivity index (χ2v) is 8.24. The first-order valence-electron chi connectivity index (χ1n) is 7.19. The van der Waals surface area contributed by atoms with Gasteiger partial charge in [-0.2, -0.15) is 0 Å². The Labute approximate surface area is 145 Å². The minimum atomic E-state index is -3.42. The molecule has 6 heteroatoms. The van der Waals surface area contributed by atoms with Crippen molar-refractivity contribution in [3.05, 3.63) is 64.1 Å². The minimum Gasteiger partial charge on any atom is -0.295 e. The Hall–Kier alpha value is -1.66. The van der Waals surface area contributed by atoms with Gasteiger partial charge < -0.3 is 0 Å². The molecule has 0 unspecified atom stereocenters. The molecule has 0 aliphatic rings. The number of benzene rings is 2. The number of sulfonamides is 1. The molecular formula is C17H18BrNO3S. The molecule has 4 nitrogen and oxygen atoms in total. The topological polar surface area (TPSA) is 54.5 Å². The summed E-state index contributed by atoms with van der Waals surface area (Å²) in [5, 5.41) is 0. The SMILES string of the molecule is CCS(=O)(=O)N(Cc1cccc(Br)c1)c1ccc(C(C)=O)cc1. The first-order chi connectivity index (χ1) is 10.8. The lowest BCUT2D eigenvalue weighted by Gasteiger charge is -2.24. The van der Waals surface area contributed by atoms with Crippen molar-refractivity contribution in [3.63, 3.8) is 0 Å². The maximum atomic E-state index is 12.5. The zero-order valence-corrected chi connectivity index (χ0v) is 15.4. The van der Waals surface area contributed by atoms with Gasteiger partial charge in [-0.25, -0.2) is 8.42 Å². The van der Waals surface area contributed by atoms with Crippen molar-refractivity contribution in [1.82, 2.24) is 0 Å². The van der Waals surface area contributed by atoms with Crippen LogP contribution in [0.2, 0.25) is 0 Å². The monoisotopic (exact) mass is 395 g/mol. The van der Waals surface area contributed by atoms with Gasteiger partial charge in [0.25, 0.3) is 0 Å². The Morgan fingerprint density at radius 3 is 2.30 bits per heavy atom. The van der Waals surface area contributed by atoms with E-state index in [1.165, 1.54) is 11.2 Å². The number of anilines is 1. The average Bonchev–Trinajstić information content (AvgIpc) is 2.52. The molecule has 0 saturated heterocycles. The van der Waals surface area contributed by atoms with Crippen LogP contribution < -0.4 is 4.31 Å².